The molecule has 0 unspecified atom stereocenters. The first kappa shape index (κ1) is 19.6. The van der Waals surface area contributed by atoms with Gasteiger partial charge in [0, 0.05) is 17.6 Å². The number of ether oxygens (including phenoxy) is 2. The highest BCUT2D eigenvalue weighted by molar-refractivity contribution is 5.93. The fraction of sp³-hybridized carbons (Fsp3) is 0.125. The predicted octanol–water partition coefficient (Wildman–Crippen LogP) is 3.38. The SMILES string of the molecule is O=C(Cn1c(=O)nc(NCc2ccc3c(c2)OCO3)c2ccccc21)Nc1ccccc1. The molecule has 0 atom stereocenters. The molecule has 0 saturated carbocycles. The molecule has 8 nitrogen and oxygen atoms in total. The third-order valence-electron chi connectivity index (χ3n) is 5.14. The van der Waals surface area contributed by atoms with Crippen LogP contribution in [0, 0.1) is 0 Å². The number of carbonyl (C=O) groups excluding carboxylic acids is 1. The lowest BCUT2D eigenvalue weighted by Crippen LogP contribution is -2.30. The quantitative estimate of drug-likeness (QED) is 0.489. The van der Waals surface area contributed by atoms with E-state index < -0.39 is 5.69 Å². The molecule has 0 spiro atoms. The number of aromatic nitrogens is 2. The molecule has 0 saturated heterocycles. The van der Waals surface area contributed by atoms with Crippen molar-refractivity contribution in [2.24, 2.45) is 0 Å². The summed E-state index contributed by atoms with van der Waals surface area (Å²) in [6, 6.07) is 22.2. The lowest BCUT2D eigenvalue weighted by Gasteiger charge is -2.14. The average molecular weight is 428 g/mol. The summed E-state index contributed by atoms with van der Waals surface area (Å²) in [5, 5.41) is 6.79. The highest BCUT2D eigenvalue weighted by atomic mass is 16.7. The molecule has 0 fully saturated rings. The minimum Gasteiger partial charge on any atom is -0.454 e. The van der Waals surface area contributed by atoms with Crippen LogP contribution in [0.1, 0.15) is 5.56 Å². The van der Waals surface area contributed by atoms with Gasteiger partial charge in [-0.05, 0) is 42.0 Å². The van der Waals surface area contributed by atoms with Crippen LogP contribution in [0.4, 0.5) is 11.5 Å². The standard InChI is InChI=1S/C24H20N4O4/c29-22(26-17-6-2-1-3-7-17)14-28-19-9-5-4-8-18(19)23(27-24(28)30)25-13-16-10-11-20-21(12-16)32-15-31-20/h1-12H,13-15H2,(H,26,29)(H,25,27,30). The molecule has 3 aromatic carbocycles. The summed E-state index contributed by atoms with van der Waals surface area (Å²) in [4.78, 5) is 29.5. The van der Waals surface area contributed by atoms with E-state index >= 15 is 0 Å². The number of benzene rings is 3. The van der Waals surface area contributed by atoms with Crippen LogP contribution in [0.25, 0.3) is 10.9 Å². The largest absolute Gasteiger partial charge is 0.454 e. The molecule has 2 N–H and O–H groups in total. The fourth-order valence-corrected chi connectivity index (χ4v) is 3.62. The number of para-hydroxylation sites is 2. The van der Waals surface area contributed by atoms with Gasteiger partial charge in [-0.2, -0.15) is 4.98 Å². The van der Waals surface area contributed by atoms with Crippen LogP contribution in [0.5, 0.6) is 11.5 Å². The maximum Gasteiger partial charge on any atom is 0.350 e. The maximum absolute atomic E-state index is 12.8. The first-order valence-electron chi connectivity index (χ1n) is 10.1. The molecule has 4 aromatic rings. The van der Waals surface area contributed by atoms with E-state index in [1.807, 2.05) is 54.6 Å². The third kappa shape index (κ3) is 3.98. The molecular formula is C24H20N4O4. The molecule has 1 amide bonds. The van der Waals surface area contributed by atoms with Gasteiger partial charge in [0.15, 0.2) is 11.5 Å². The Morgan fingerprint density at radius 1 is 0.969 bits per heavy atom. The molecule has 1 aliphatic rings. The summed E-state index contributed by atoms with van der Waals surface area (Å²) in [5.74, 6) is 1.57. The van der Waals surface area contributed by atoms with E-state index in [1.54, 1.807) is 18.2 Å². The van der Waals surface area contributed by atoms with Gasteiger partial charge in [-0.1, -0.05) is 36.4 Å². The molecule has 0 aliphatic carbocycles. The monoisotopic (exact) mass is 428 g/mol. The molecule has 8 heteroatoms. The van der Waals surface area contributed by atoms with Crippen LogP contribution in [0.3, 0.4) is 0 Å². The highest BCUT2D eigenvalue weighted by Crippen LogP contribution is 2.32. The lowest BCUT2D eigenvalue weighted by atomic mass is 10.2. The van der Waals surface area contributed by atoms with Crippen LogP contribution < -0.4 is 25.8 Å². The Hall–Kier alpha value is -4.33. The van der Waals surface area contributed by atoms with E-state index in [4.69, 9.17) is 9.47 Å². The van der Waals surface area contributed by atoms with Gasteiger partial charge in [-0.15, -0.1) is 0 Å². The van der Waals surface area contributed by atoms with Crippen molar-refractivity contribution >= 4 is 28.3 Å². The average Bonchev–Trinajstić information content (AvgIpc) is 3.28. The van der Waals surface area contributed by atoms with Crippen LogP contribution in [0.15, 0.2) is 77.6 Å². The Morgan fingerprint density at radius 3 is 2.62 bits per heavy atom. The van der Waals surface area contributed by atoms with Crippen LogP contribution >= 0.6 is 0 Å². The summed E-state index contributed by atoms with van der Waals surface area (Å²) < 4.78 is 12.1. The van der Waals surface area contributed by atoms with E-state index in [2.05, 4.69) is 15.6 Å². The van der Waals surface area contributed by atoms with Crippen molar-refractivity contribution in [3.63, 3.8) is 0 Å². The van der Waals surface area contributed by atoms with Crippen LogP contribution in [0.2, 0.25) is 0 Å². The summed E-state index contributed by atoms with van der Waals surface area (Å²) in [6.07, 6.45) is 0. The number of rotatable bonds is 6. The second-order valence-electron chi connectivity index (χ2n) is 7.30. The first-order chi connectivity index (χ1) is 15.7. The number of hydrogen-bond donors (Lipinski definition) is 2. The zero-order valence-corrected chi connectivity index (χ0v) is 17.1. The normalized spacial score (nSPS) is 12.0. The van der Waals surface area contributed by atoms with Gasteiger partial charge < -0.3 is 20.1 Å². The fourth-order valence-electron chi connectivity index (χ4n) is 3.62. The van der Waals surface area contributed by atoms with E-state index in [1.165, 1.54) is 4.57 Å². The number of anilines is 2. The zero-order chi connectivity index (χ0) is 21.9. The third-order valence-corrected chi connectivity index (χ3v) is 5.14. The number of carbonyl (C=O) groups is 1. The predicted molar refractivity (Wildman–Crippen MR) is 121 cm³/mol. The van der Waals surface area contributed by atoms with Crippen molar-refractivity contribution in [1.29, 1.82) is 0 Å². The van der Waals surface area contributed by atoms with Gasteiger partial charge in [0.25, 0.3) is 0 Å². The Bertz CT molecular complexity index is 1350. The number of nitrogens with one attached hydrogen (secondary N) is 2. The topological polar surface area (TPSA) is 94.5 Å². The summed E-state index contributed by atoms with van der Waals surface area (Å²) in [6.45, 7) is 0.531. The number of amides is 1. The second-order valence-corrected chi connectivity index (χ2v) is 7.30. The molecule has 160 valence electrons. The lowest BCUT2D eigenvalue weighted by molar-refractivity contribution is -0.116. The minimum absolute atomic E-state index is 0.135. The van der Waals surface area contributed by atoms with Gasteiger partial charge in [-0.3, -0.25) is 9.36 Å². The molecule has 2 heterocycles. The van der Waals surface area contributed by atoms with Crippen molar-refractivity contribution in [3.8, 4) is 11.5 Å². The van der Waals surface area contributed by atoms with Crippen molar-refractivity contribution in [2.45, 2.75) is 13.1 Å². The number of nitrogens with zero attached hydrogens (tertiary/aromatic N) is 2. The van der Waals surface area contributed by atoms with Crippen LogP contribution in [-0.4, -0.2) is 22.3 Å². The summed E-state index contributed by atoms with van der Waals surface area (Å²) in [5.41, 5.74) is 1.76. The highest BCUT2D eigenvalue weighted by Gasteiger charge is 2.15. The molecule has 1 aliphatic heterocycles. The van der Waals surface area contributed by atoms with Gasteiger partial charge in [0.05, 0.1) is 5.52 Å². The van der Waals surface area contributed by atoms with Gasteiger partial charge in [0.2, 0.25) is 12.7 Å². The van der Waals surface area contributed by atoms with Crippen molar-refractivity contribution in [2.75, 3.05) is 17.4 Å². The van der Waals surface area contributed by atoms with Crippen LogP contribution in [-0.2, 0) is 17.9 Å². The van der Waals surface area contributed by atoms with E-state index in [0.29, 0.717) is 35.1 Å². The molecule has 0 radical (unpaired) electrons. The molecular weight excluding hydrogens is 408 g/mol. The molecule has 32 heavy (non-hydrogen) atoms. The molecule has 0 bridgehead atoms. The van der Waals surface area contributed by atoms with E-state index in [-0.39, 0.29) is 19.2 Å². The second kappa shape index (κ2) is 8.43. The number of hydrogen-bond acceptors (Lipinski definition) is 6. The van der Waals surface area contributed by atoms with Crippen molar-refractivity contribution in [1.82, 2.24) is 9.55 Å². The molecule has 1 aromatic heterocycles. The Labute approximate surface area is 183 Å². The minimum atomic E-state index is -0.500. The summed E-state index contributed by atoms with van der Waals surface area (Å²) in [7, 11) is 0. The van der Waals surface area contributed by atoms with Gasteiger partial charge >= 0.3 is 5.69 Å². The first-order valence-corrected chi connectivity index (χ1v) is 10.1. The van der Waals surface area contributed by atoms with E-state index in [9.17, 15) is 9.59 Å². The number of fused-ring (bicyclic) bond motifs is 2. The maximum atomic E-state index is 12.8. The van der Waals surface area contributed by atoms with Gasteiger partial charge in [-0.25, -0.2) is 4.79 Å². The smallest absolute Gasteiger partial charge is 0.350 e. The van der Waals surface area contributed by atoms with Crippen molar-refractivity contribution < 1.29 is 14.3 Å². The zero-order valence-electron chi connectivity index (χ0n) is 17.1. The Balaban J connectivity index is 1.39. The van der Waals surface area contributed by atoms with Crippen molar-refractivity contribution in [3.05, 3.63) is 88.8 Å². The molecule has 5 rings (SSSR count). The van der Waals surface area contributed by atoms with Gasteiger partial charge in [0.1, 0.15) is 12.4 Å². The summed E-state index contributed by atoms with van der Waals surface area (Å²) >= 11 is 0. The Kier molecular flexibility index (Phi) is 5.17. The Morgan fingerprint density at radius 2 is 1.75 bits per heavy atom. The van der Waals surface area contributed by atoms with E-state index in [0.717, 1.165) is 10.9 Å².